The molecule has 0 bridgehead atoms. The predicted octanol–water partition coefficient (Wildman–Crippen LogP) is 3.20. The molecule has 2 N–H and O–H groups in total. The molecule has 0 radical (unpaired) electrons. The van der Waals surface area contributed by atoms with E-state index in [1.165, 1.54) is 11.8 Å². The summed E-state index contributed by atoms with van der Waals surface area (Å²) in [5, 5.41) is 4.70. The molecule has 25 heavy (non-hydrogen) atoms. The van der Waals surface area contributed by atoms with Gasteiger partial charge in [0.2, 0.25) is 0 Å². The smallest absolute Gasteiger partial charge is 0.250 e. The van der Waals surface area contributed by atoms with Crippen LogP contribution in [0.1, 0.15) is 12.5 Å². The number of para-hydroxylation sites is 3. The number of nitrogens with one attached hydrogen (secondary N) is 2. The maximum atomic E-state index is 11.9. The molecular weight excluding hydrogens is 336 g/mol. The first kappa shape index (κ1) is 17.0. The first-order valence-corrected chi connectivity index (χ1v) is 8.86. The molecule has 1 amide bonds. The summed E-state index contributed by atoms with van der Waals surface area (Å²) >= 11 is 1.33. The van der Waals surface area contributed by atoms with Crippen molar-refractivity contribution < 1.29 is 9.53 Å². The van der Waals surface area contributed by atoms with Crippen LogP contribution in [0.2, 0.25) is 0 Å². The summed E-state index contributed by atoms with van der Waals surface area (Å²) < 4.78 is 5.51. The molecule has 0 aliphatic carbocycles. The Bertz CT molecular complexity index is 858. The van der Waals surface area contributed by atoms with Crippen LogP contribution in [0.5, 0.6) is 5.75 Å². The van der Waals surface area contributed by atoms with Crippen molar-refractivity contribution in [3.8, 4) is 5.75 Å². The molecule has 0 unspecified atom stereocenters. The van der Waals surface area contributed by atoms with E-state index in [9.17, 15) is 4.79 Å². The average molecular weight is 354 g/mol. The Hall–Kier alpha value is -2.80. The van der Waals surface area contributed by atoms with Gasteiger partial charge in [-0.05, 0) is 31.2 Å². The van der Waals surface area contributed by atoms with E-state index in [0.29, 0.717) is 11.8 Å². The van der Waals surface area contributed by atoms with Crippen molar-refractivity contribution in [1.29, 1.82) is 0 Å². The van der Waals surface area contributed by atoms with Gasteiger partial charge in [0, 0.05) is 5.56 Å². The number of fused-ring (bicyclic) bond motifs is 1. The highest BCUT2D eigenvalue weighted by atomic mass is 32.2. The molecule has 0 saturated heterocycles. The Morgan fingerprint density at radius 3 is 2.92 bits per heavy atom. The largest absolute Gasteiger partial charge is 0.493 e. The SMILES string of the molecule is CCOc1ccccc1/C=N\NC(=O)CSc1nc2ccccc2[nH]1. The second-order valence-corrected chi connectivity index (χ2v) is 6.08. The summed E-state index contributed by atoms with van der Waals surface area (Å²) in [5.41, 5.74) is 5.17. The number of aromatic nitrogens is 2. The first-order valence-electron chi connectivity index (χ1n) is 7.87. The topological polar surface area (TPSA) is 79.4 Å². The minimum absolute atomic E-state index is 0.199. The highest BCUT2D eigenvalue weighted by molar-refractivity contribution is 7.99. The Morgan fingerprint density at radius 1 is 1.28 bits per heavy atom. The molecule has 3 rings (SSSR count). The fraction of sp³-hybridized carbons (Fsp3) is 0.167. The number of carbonyl (C=O) groups is 1. The van der Waals surface area contributed by atoms with Gasteiger partial charge in [-0.1, -0.05) is 36.0 Å². The van der Waals surface area contributed by atoms with Gasteiger partial charge in [0.25, 0.3) is 5.91 Å². The van der Waals surface area contributed by atoms with E-state index in [-0.39, 0.29) is 11.7 Å². The van der Waals surface area contributed by atoms with Crippen LogP contribution in [-0.2, 0) is 4.79 Å². The quantitative estimate of drug-likeness (QED) is 0.388. The monoisotopic (exact) mass is 354 g/mol. The molecule has 6 nitrogen and oxygen atoms in total. The number of H-pyrrole nitrogens is 1. The molecule has 1 aromatic heterocycles. The Kier molecular flexibility index (Phi) is 5.69. The summed E-state index contributed by atoms with van der Waals surface area (Å²) in [6, 6.07) is 15.3. The molecule has 0 saturated carbocycles. The number of benzene rings is 2. The fourth-order valence-corrected chi connectivity index (χ4v) is 2.89. The van der Waals surface area contributed by atoms with Crippen LogP contribution < -0.4 is 10.2 Å². The predicted molar refractivity (Wildman–Crippen MR) is 100 cm³/mol. The second kappa shape index (κ2) is 8.34. The van der Waals surface area contributed by atoms with E-state index in [0.717, 1.165) is 22.3 Å². The lowest BCUT2D eigenvalue weighted by molar-refractivity contribution is -0.118. The third-order valence-corrected chi connectivity index (χ3v) is 4.19. The Balaban J connectivity index is 1.52. The van der Waals surface area contributed by atoms with Crippen LogP contribution in [0, 0.1) is 0 Å². The van der Waals surface area contributed by atoms with Crippen LogP contribution in [0.15, 0.2) is 58.8 Å². The van der Waals surface area contributed by atoms with Crippen LogP contribution in [0.25, 0.3) is 11.0 Å². The van der Waals surface area contributed by atoms with Gasteiger partial charge < -0.3 is 9.72 Å². The van der Waals surface area contributed by atoms with Crippen molar-refractivity contribution in [2.45, 2.75) is 12.1 Å². The highest BCUT2D eigenvalue weighted by Gasteiger charge is 2.06. The molecule has 0 atom stereocenters. The molecule has 128 valence electrons. The van der Waals surface area contributed by atoms with E-state index < -0.39 is 0 Å². The van der Waals surface area contributed by atoms with Gasteiger partial charge in [-0.15, -0.1) is 0 Å². The van der Waals surface area contributed by atoms with Crippen LogP contribution in [0.3, 0.4) is 0 Å². The zero-order valence-corrected chi connectivity index (χ0v) is 14.5. The van der Waals surface area contributed by atoms with Crippen molar-refractivity contribution in [3.05, 3.63) is 54.1 Å². The highest BCUT2D eigenvalue weighted by Crippen LogP contribution is 2.19. The molecule has 0 fully saturated rings. The third-order valence-electron chi connectivity index (χ3n) is 3.32. The summed E-state index contributed by atoms with van der Waals surface area (Å²) in [5.74, 6) is 0.764. The lowest BCUT2D eigenvalue weighted by Gasteiger charge is -2.05. The number of amides is 1. The number of hydrazone groups is 1. The van der Waals surface area contributed by atoms with Gasteiger partial charge >= 0.3 is 0 Å². The maximum absolute atomic E-state index is 11.9. The first-order chi connectivity index (χ1) is 12.3. The van der Waals surface area contributed by atoms with E-state index in [4.69, 9.17) is 4.74 Å². The number of rotatable bonds is 7. The molecule has 0 aliphatic heterocycles. The Labute approximate surface area is 149 Å². The van der Waals surface area contributed by atoms with Gasteiger partial charge in [-0.3, -0.25) is 4.79 Å². The van der Waals surface area contributed by atoms with Gasteiger partial charge in [0.1, 0.15) is 5.75 Å². The van der Waals surface area contributed by atoms with Crippen molar-refractivity contribution in [2.24, 2.45) is 5.10 Å². The number of carbonyl (C=O) groups excluding carboxylic acids is 1. The van der Waals surface area contributed by atoms with Crippen LogP contribution in [0.4, 0.5) is 0 Å². The van der Waals surface area contributed by atoms with Gasteiger partial charge in [-0.2, -0.15) is 5.10 Å². The zero-order chi connectivity index (χ0) is 17.5. The van der Waals surface area contributed by atoms with Crippen molar-refractivity contribution >= 4 is 34.9 Å². The summed E-state index contributed by atoms with van der Waals surface area (Å²) in [4.78, 5) is 19.5. The van der Waals surface area contributed by atoms with Gasteiger partial charge in [-0.25, -0.2) is 10.4 Å². The zero-order valence-electron chi connectivity index (χ0n) is 13.7. The minimum atomic E-state index is -0.199. The van der Waals surface area contributed by atoms with Crippen LogP contribution in [-0.4, -0.2) is 34.4 Å². The van der Waals surface area contributed by atoms with Gasteiger partial charge in [0.15, 0.2) is 5.16 Å². The second-order valence-electron chi connectivity index (χ2n) is 5.11. The lowest BCUT2D eigenvalue weighted by Crippen LogP contribution is -2.19. The van der Waals surface area contributed by atoms with Gasteiger partial charge in [0.05, 0.1) is 29.6 Å². The molecule has 0 spiro atoms. The van der Waals surface area contributed by atoms with Crippen molar-refractivity contribution in [1.82, 2.24) is 15.4 Å². The standard InChI is InChI=1S/C18H18N4O2S/c1-2-24-16-10-6-3-7-13(16)11-19-22-17(23)12-25-18-20-14-8-4-5-9-15(14)21-18/h3-11H,2,12H2,1H3,(H,20,21)(H,22,23)/b19-11-. The molecule has 7 heteroatoms. The summed E-state index contributed by atoms with van der Waals surface area (Å²) in [6.07, 6.45) is 1.58. The molecule has 1 heterocycles. The third kappa shape index (κ3) is 4.60. The van der Waals surface area contributed by atoms with Crippen molar-refractivity contribution in [3.63, 3.8) is 0 Å². The maximum Gasteiger partial charge on any atom is 0.250 e. The summed E-state index contributed by atoms with van der Waals surface area (Å²) in [6.45, 7) is 2.50. The molecular formula is C18H18N4O2S. The fourth-order valence-electron chi connectivity index (χ4n) is 2.21. The normalized spacial score (nSPS) is 11.1. The number of nitrogens with zero attached hydrogens (tertiary/aromatic N) is 2. The van der Waals surface area contributed by atoms with Crippen molar-refractivity contribution in [2.75, 3.05) is 12.4 Å². The number of aromatic amines is 1. The van der Waals surface area contributed by atoms with E-state index in [1.54, 1.807) is 6.21 Å². The number of hydrogen-bond donors (Lipinski definition) is 2. The minimum Gasteiger partial charge on any atom is -0.493 e. The van der Waals surface area contributed by atoms with E-state index in [2.05, 4.69) is 20.5 Å². The number of thioether (sulfide) groups is 1. The molecule has 3 aromatic rings. The number of imidazole rings is 1. The number of hydrogen-bond acceptors (Lipinski definition) is 5. The number of ether oxygens (including phenoxy) is 1. The van der Waals surface area contributed by atoms with Crippen LogP contribution >= 0.6 is 11.8 Å². The molecule has 0 aliphatic rings. The average Bonchev–Trinajstić information content (AvgIpc) is 3.05. The van der Waals surface area contributed by atoms with E-state index >= 15 is 0 Å². The lowest BCUT2D eigenvalue weighted by atomic mass is 10.2. The summed E-state index contributed by atoms with van der Waals surface area (Å²) in [7, 11) is 0. The molecule has 2 aromatic carbocycles. The Morgan fingerprint density at radius 2 is 2.08 bits per heavy atom. The van der Waals surface area contributed by atoms with E-state index in [1.807, 2.05) is 55.5 Å².